The Kier molecular flexibility index (Phi) is 10.8. The van der Waals surface area contributed by atoms with E-state index in [1.807, 2.05) is 37.3 Å². The molecule has 3 aromatic rings. The molecule has 0 heterocycles. The average molecular weight is 610 g/mol. The molecule has 7 nitrogen and oxygen atoms in total. The smallest absolute Gasteiger partial charge is 0.354 e. The summed E-state index contributed by atoms with van der Waals surface area (Å²) in [6.07, 6.45) is -3.84. The predicted octanol–water partition coefficient (Wildman–Crippen LogP) is 5.54. The van der Waals surface area contributed by atoms with E-state index in [4.69, 9.17) is 11.6 Å². The molecule has 0 radical (unpaired) electrons. The first-order valence-electron chi connectivity index (χ1n) is 12.9. The molecule has 1 N–H and O–H groups in total. The zero-order valence-corrected chi connectivity index (χ0v) is 24.1. The van der Waals surface area contributed by atoms with Gasteiger partial charge in [0.05, 0.1) is 21.2 Å². The number of carbonyl (C=O) groups is 2. The van der Waals surface area contributed by atoms with E-state index in [2.05, 4.69) is 5.32 Å². The van der Waals surface area contributed by atoms with Gasteiger partial charge in [0.1, 0.15) is 12.6 Å². The van der Waals surface area contributed by atoms with Crippen molar-refractivity contribution in [2.24, 2.45) is 0 Å². The molecule has 0 aliphatic carbocycles. The van der Waals surface area contributed by atoms with Crippen LogP contribution in [0, 0.1) is 0 Å². The Morgan fingerprint density at radius 1 is 0.976 bits per heavy atom. The van der Waals surface area contributed by atoms with Crippen LogP contribution in [-0.2, 0) is 32.2 Å². The van der Waals surface area contributed by atoms with E-state index in [1.54, 1.807) is 6.07 Å². The number of benzene rings is 3. The van der Waals surface area contributed by atoms with Crippen molar-refractivity contribution in [3.05, 3.63) is 95.0 Å². The lowest BCUT2D eigenvalue weighted by atomic mass is 10.1. The zero-order valence-electron chi connectivity index (χ0n) is 22.6. The minimum atomic E-state index is -4.87. The molecule has 0 aliphatic heterocycles. The summed E-state index contributed by atoms with van der Waals surface area (Å²) in [4.78, 5) is 27.7. The lowest BCUT2D eigenvalue weighted by Crippen LogP contribution is -2.52. The number of hydrogen-bond donors (Lipinski definition) is 1. The molecule has 0 saturated heterocycles. The minimum absolute atomic E-state index is 0.0667. The molecule has 41 heavy (non-hydrogen) atoms. The maximum absolute atomic E-state index is 13.8. The van der Waals surface area contributed by atoms with Crippen LogP contribution in [0.15, 0.2) is 83.8 Å². The fourth-order valence-corrected chi connectivity index (χ4v) is 5.75. The molecule has 2 amide bonds. The number of anilines is 1. The Hall–Kier alpha value is -3.57. The molecule has 0 aliphatic rings. The topological polar surface area (TPSA) is 86.8 Å². The quantitative estimate of drug-likeness (QED) is 0.292. The Bertz CT molecular complexity index is 1440. The monoisotopic (exact) mass is 609 g/mol. The van der Waals surface area contributed by atoms with Gasteiger partial charge in [0, 0.05) is 13.1 Å². The zero-order chi connectivity index (χ0) is 30.2. The number of hydrogen-bond acceptors (Lipinski definition) is 4. The first kappa shape index (κ1) is 32.0. The van der Waals surface area contributed by atoms with Gasteiger partial charge in [-0.1, -0.05) is 67.1 Å². The summed E-state index contributed by atoms with van der Waals surface area (Å²) in [5.41, 5.74) is -0.761. The van der Waals surface area contributed by atoms with E-state index in [0.29, 0.717) is 29.8 Å². The summed E-state index contributed by atoms with van der Waals surface area (Å²) < 4.78 is 69.1. The normalized spacial score (nSPS) is 12.4. The highest BCUT2D eigenvalue weighted by Gasteiger charge is 2.36. The van der Waals surface area contributed by atoms with Crippen molar-refractivity contribution in [3.8, 4) is 0 Å². The van der Waals surface area contributed by atoms with Crippen molar-refractivity contribution in [3.63, 3.8) is 0 Å². The lowest BCUT2D eigenvalue weighted by molar-refractivity contribution is -0.138. The van der Waals surface area contributed by atoms with Crippen molar-refractivity contribution in [2.75, 3.05) is 23.9 Å². The highest BCUT2D eigenvalue weighted by Crippen LogP contribution is 2.38. The second-order valence-corrected chi connectivity index (χ2v) is 11.5. The molecule has 1 atom stereocenters. The summed E-state index contributed by atoms with van der Waals surface area (Å²) in [5, 5.41) is 2.12. The summed E-state index contributed by atoms with van der Waals surface area (Å²) in [7, 11) is -4.51. The van der Waals surface area contributed by atoms with Gasteiger partial charge in [-0.15, -0.1) is 0 Å². The number of nitrogens with one attached hydrogen (secondary N) is 1. The Balaban J connectivity index is 2.05. The van der Waals surface area contributed by atoms with Crippen molar-refractivity contribution < 1.29 is 31.2 Å². The SMILES string of the molecule is CCCNC(=O)C(C)N(CCc1ccccc1)C(=O)CN(c1ccc(Cl)c(C(F)(F)F)c1)S(=O)(=O)c1ccccc1. The van der Waals surface area contributed by atoms with E-state index >= 15 is 0 Å². The number of nitrogens with zero attached hydrogens (tertiary/aromatic N) is 2. The molecule has 0 fully saturated rings. The minimum Gasteiger partial charge on any atom is -0.354 e. The van der Waals surface area contributed by atoms with Crippen LogP contribution in [0.3, 0.4) is 0 Å². The molecule has 3 aromatic carbocycles. The van der Waals surface area contributed by atoms with E-state index < -0.39 is 56.9 Å². The molecule has 0 aromatic heterocycles. The van der Waals surface area contributed by atoms with Gasteiger partial charge in [0.25, 0.3) is 10.0 Å². The van der Waals surface area contributed by atoms with Crippen LogP contribution in [0.2, 0.25) is 5.02 Å². The number of rotatable bonds is 12. The molecule has 1 unspecified atom stereocenters. The van der Waals surface area contributed by atoms with E-state index in [0.717, 1.165) is 17.7 Å². The fourth-order valence-electron chi connectivity index (χ4n) is 4.10. The van der Waals surface area contributed by atoms with Gasteiger partial charge in [0.2, 0.25) is 11.8 Å². The number of halogens is 4. The van der Waals surface area contributed by atoms with Crippen LogP contribution in [0.5, 0.6) is 0 Å². The van der Waals surface area contributed by atoms with Crippen molar-refractivity contribution >= 4 is 39.1 Å². The van der Waals surface area contributed by atoms with Crippen LogP contribution in [0.1, 0.15) is 31.4 Å². The van der Waals surface area contributed by atoms with Crippen LogP contribution in [0.4, 0.5) is 18.9 Å². The summed E-state index contributed by atoms with van der Waals surface area (Å²) in [5.74, 6) is -1.19. The maximum Gasteiger partial charge on any atom is 0.417 e. The highest BCUT2D eigenvalue weighted by molar-refractivity contribution is 7.92. The van der Waals surface area contributed by atoms with Crippen molar-refractivity contribution in [2.45, 2.75) is 43.8 Å². The third-order valence-electron chi connectivity index (χ3n) is 6.35. The maximum atomic E-state index is 13.8. The Morgan fingerprint density at radius 3 is 2.17 bits per heavy atom. The van der Waals surface area contributed by atoms with Gasteiger partial charge in [-0.05, 0) is 55.7 Å². The summed E-state index contributed by atoms with van der Waals surface area (Å²) in [6, 6.07) is 17.9. The highest BCUT2D eigenvalue weighted by atomic mass is 35.5. The molecule has 220 valence electrons. The number of amides is 2. The van der Waals surface area contributed by atoms with E-state index in [9.17, 15) is 31.2 Å². The first-order chi connectivity index (χ1) is 19.4. The second-order valence-electron chi connectivity index (χ2n) is 9.28. The largest absolute Gasteiger partial charge is 0.417 e. The second kappa shape index (κ2) is 13.9. The van der Waals surface area contributed by atoms with Gasteiger partial charge in [-0.3, -0.25) is 13.9 Å². The average Bonchev–Trinajstić information content (AvgIpc) is 2.95. The molecule has 0 spiro atoms. The summed E-state index contributed by atoms with van der Waals surface area (Å²) in [6.45, 7) is 2.99. The first-order valence-corrected chi connectivity index (χ1v) is 14.7. The van der Waals surface area contributed by atoms with Gasteiger partial charge >= 0.3 is 6.18 Å². The third-order valence-corrected chi connectivity index (χ3v) is 8.47. The molecule has 12 heteroatoms. The van der Waals surface area contributed by atoms with Gasteiger partial charge in [-0.2, -0.15) is 13.2 Å². The number of sulfonamides is 1. The van der Waals surface area contributed by atoms with Crippen LogP contribution in [-0.4, -0.2) is 50.8 Å². The van der Waals surface area contributed by atoms with Gasteiger partial charge < -0.3 is 10.2 Å². The van der Waals surface area contributed by atoms with Crippen molar-refractivity contribution in [1.29, 1.82) is 0 Å². The standard InChI is InChI=1S/C29H31ClF3N3O4S/c1-3-17-34-28(38)21(2)35(18-16-22-10-6-4-7-11-22)27(37)20-36(41(39,40)24-12-8-5-9-13-24)23-14-15-26(30)25(19-23)29(31,32)33/h4-15,19,21H,3,16-18,20H2,1-2H3,(H,34,38). The van der Waals surface area contributed by atoms with Gasteiger partial charge in [-0.25, -0.2) is 8.42 Å². The Morgan fingerprint density at radius 2 is 1.59 bits per heavy atom. The van der Waals surface area contributed by atoms with Gasteiger partial charge in [0.15, 0.2) is 0 Å². The van der Waals surface area contributed by atoms with Crippen molar-refractivity contribution in [1.82, 2.24) is 10.2 Å². The molecular formula is C29H31ClF3N3O4S. The Labute approximate surface area is 243 Å². The number of alkyl halides is 3. The molecule has 3 rings (SSSR count). The molecular weight excluding hydrogens is 579 g/mol. The van der Waals surface area contributed by atoms with E-state index in [1.165, 1.54) is 36.1 Å². The van der Waals surface area contributed by atoms with Crippen LogP contribution >= 0.6 is 11.6 Å². The van der Waals surface area contributed by atoms with Crippen LogP contribution < -0.4 is 9.62 Å². The lowest BCUT2D eigenvalue weighted by Gasteiger charge is -2.32. The molecule has 0 bridgehead atoms. The fraction of sp³-hybridized carbons (Fsp3) is 0.310. The number of carbonyl (C=O) groups excluding carboxylic acids is 2. The van der Waals surface area contributed by atoms with Crippen LogP contribution in [0.25, 0.3) is 0 Å². The third kappa shape index (κ3) is 8.23. The summed E-state index contributed by atoms with van der Waals surface area (Å²) >= 11 is 5.78. The van der Waals surface area contributed by atoms with E-state index in [-0.39, 0.29) is 11.4 Å². The molecule has 0 saturated carbocycles. The predicted molar refractivity (Wildman–Crippen MR) is 152 cm³/mol.